The molecule has 0 fully saturated rings. The zero-order chi connectivity index (χ0) is 17.7. The molecule has 0 aliphatic heterocycles. The molecule has 0 saturated heterocycles. The summed E-state index contributed by atoms with van der Waals surface area (Å²) in [5.41, 5.74) is 0. The number of esters is 2. The van der Waals surface area contributed by atoms with E-state index in [-0.39, 0.29) is 12.5 Å². The number of hydrogen-bond acceptors (Lipinski definition) is 4. The van der Waals surface area contributed by atoms with Crippen LogP contribution in [0.3, 0.4) is 0 Å². The van der Waals surface area contributed by atoms with Gasteiger partial charge < -0.3 is 9.47 Å². The molecule has 0 amide bonds. The van der Waals surface area contributed by atoms with Crippen LogP contribution in [-0.4, -0.2) is 18.5 Å². The van der Waals surface area contributed by atoms with Crippen molar-refractivity contribution in [1.29, 1.82) is 0 Å². The van der Waals surface area contributed by atoms with Crippen molar-refractivity contribution in [3.8, 4) is 5.75 Å². The summed E-state index contributed by atoms with van der Waals surface area (Å²) in [6, 6.07) is 0. The lowest BCUT2D eigenvalue weighted by Gasteiger charge is -2.07. The van der Waals surface area contributed by atoms with Gasteiger partial charge in [-0.2, -0.15) is 8.78 Å². The molecule has 0 spiro atoms. The summed E-state index contributed by atoms with van der Waals surface area (Å²) in [5, 5.41) is 0. The average molecular weight is 338 g/mol. The third kappa shape index (κ3) is 4.76. The van der Waals surface area contributed by atoms with Crippen LogP contribution in [0.1, 0.15) is 13.8 Å². The first-order valence-corrected chi connectivity index (χ1v) is 6.23. The topological polar surface area (TPSA) is 52.6 Å². The van der Waals surface area contributed by atoms with E-state index in [0.29, 0.717) is 12.2 Å². The van der Waals surface area contributed by atoms with Crippen molar-refractivity contribution in [1.82, 2.24) is 0 Å². The Kier molecular flexibility index (Phi) is 6.23. The Morgan fingerprint density at radius 1 is 0.870 bits per heavy atom. The second-order valence-corrected chi connectivity index (χ2v) is 4.68. The van der Waals surface area contributed by atoms with Crippen molar-refractivity contribution in [3.63, 3.8) is 0 Å². The molecule has 1 rings (SSSR count). The fourth-order valence-corrected chi connectivity index (χ4v) is 1.24. The summed E-state index contributed by atoms with van der Waals surface area (Å²) in [7, 11) is 0. The fourth-order valence-electron chi connectivity index (χ4n) is 1.24. The molecule has 0 N–H and O–H groups in total. The van der Waals surface area contributed by atoms with Crippen LogP contribution < -0.4 is 4.74 Å². The van der Waals surface area contributed by atoms with E-state index in [1.54, 1.807) is 13.8 Å². The molecule has 0 radical (unpaired) electrons. The van der Waals surface area contributed by atoms with E-state index in [1.807, 2.05) is 0 Å². The maximum atomic E-state index is 13.3. The van der Waals surface area contributed by atoms with Gasteiger partial charge >= 0.3 is 11.9 Å². The first-order valence-electron chi connectivity index (χ1n) is 6.23. The third-order valence-electron chi connectivity index (χ3n) is 2.29. The summed E-state index contributed by atoms with van der Waals surface area (Å²) >= 11 is 0. The minimum atomic E-state index is -2.38. The van der Waals surface area contributed by atoms with Crippen LogP contribution in [0.25, 0.3) is 0 Å². The summed E-state index contributed by atoms with van der Waals surface area (Å²) in [6.07, 6.45) is 1.03. The highest BCUT2D eigenvalue weighted by Gasteiger charge is 2.28. The average Bonchev–Trinajstić information content (AvgIpc) is 2.51. The van der Waals surface area contributed by atoms with Gasteiger partial charge in [0.1, 0.15) is 0 Å². The van der Waals surface area contributed by atoms with Crippen LogP contribution in [0.15, 0.2) is 12.2 Å². The molecule has 4 nitrogen and oxygen atoms in total. The Morgan fingerprint density at radius 2 is 1.30 bits per heavy atom. The van der Waals surface area contributed by atoms with Gasteiger partial charge in [-0.15, -0.1) is 0 Å². The lowest BCUT2D eigenvalue weighted by Crippen LogP contribution is -2.12. The molecule has 0 unspecified atom stereocenters. The summed E-state index contributed by atoms with van der Waals surface area (Å²) < 4.78 is 73.8. The minimum absolute atomic E-state index is 0.0349. The van der Waals surface area contributed by atoms with Gasteiger partial charge in [-0.05, 0) is 5.92 Å². The molecule has 1 aromatic rings. The van der Waals surface area contributed by atoms with Crippen LogP contribution in [0.2, 0.25) is 0 Å². The monoisotopic (exact) mass is 338 g/mol. The van der Waals surface area contributed by atoms with E-state index >= 15 is 0 Å². The third-order valence-corrected chi connectivity index (χ3v) is 2.29. The minimum Gasteiger partial charge on any atom is -0.462 e. The van der Waals surface area contributed by atoms with Gasteiger partial charge in [-0.1, -0.05) is 13.8 Å². The predicted octanol–water partition coefficient (Wildman–Crippen LogP) is 3.04. The lowest BCUT2D eigenvalue weighted by atomic mass is 10.2. The van der Waals surface area contributed by atoms with Crippen LogP contribution in [0.5, 0.6) is 5.75 Å². The van der Waals surface area contributed by atoms with Crippen molar-refractivity contribution in [2.75, 3.05) is 6.61 Å². The quantitative estimate of drug-likeness (QED) is 0.207. The smallest absolute Gasteiger partial charge is 0.336 e. The Balaban J connectivity index is 2.85. The summed E-state index contributed by atoms with van der Waals surface area (Å²) in [5.74, 6) is -15.7. The zero-order valence-corrected chi connectivity index (χ0v) is 12.0. The predicted molar refractivity (Wildman–Crippen MR) is 66.8 cm³/mol. The van der Waals surface area contributed by atoms with E-state index in [2.05, 4.69) is 9.47 Å². The van der Waals surface area contributed by atoms with Crippen molar-refractivity contribution >= 4 is 11.9 Å². The normalized spacial score (nSPS) is 11.1. The molecule has 23 heavy (non-hydrogen) atoms. The highest BCUT2D eigenvalue weighted by atomic mass is 19.2. The second-order valence-electron chi connectivity index (χ2n) is 4.68. The summed E-state index contributed by atoms with van der Waals surface area (Å²) in [6.45, 7) is 3.58. The van der Waals surface area contributed by atoms with Crippen molar-refractivity contribution in [3.05, 3.63) is 41.2 Å². The number of hydrogen-bond donors (Lipinski definition) is 0. The lowest BCUT2D eigenvalue weighted by molar-refractivity contribution is -0.139. The molecular weight excluding hydrogens is 327 g/mol. The van der Waals surface area contributed by atoms with Gasteiger partial charge in [0.2, 0.25) is 34.8 Å². The Morgan fingerprint density at radius 3 is 1.78 bits per heavy atom. The second kappa shape index (κ2) is 7.70. The highest BCUT2D eigenvalue weighted by Crippen LogP contribution is 2.29. The number of rotatable bonds is 5. The Bertz CT molecular complexity index is 626. The molecule has 126 valence electrons. The van der Waals surface area contributed by atoms with E-state index in [4.69, 9.17) is 0 Å². The first kappa shape index (κ1) is 18.6. The number of halogens is 5. The maximum Gasteiger partial charge on any atom is 0.336 e. The van der Waals surface area contributed by atoms with Gasteiger partial charge in [0.05, 0.1) is 6.61 Å². The molecule has 1 aromatic carbocycles. The van der Waals surface area contributed by atoms with E-state index in [9.17, 15) is 31.5 Å². The van der Waals surface area contributed by atoms with Crippen LogP contribution >= 0.6 is 0 Å². The molecule has 0 heterocycles. The Labute approximate surface area is 127 Å². The van der Waals surface area contributed by atoms with Gasteiger partial charge in [0, 0.05) is 12.2 Å². The number of carbonyl (C=O) groups excluding carboxylic acids is 2. The number of benzene rings is 1. The van der Waals surface area contributed by atoms with Crippen molar-refractivity contribution < 1.29 is 41.0 Å². The molecular formula is C14H11F5O4. The highest BCUT2D eigenvalue weighted by molar-refractivity contribution is 5.92. The number of ether oxygens (including phenoxy) is 2. The fraction of sp³-hybridized carbons (Fsp3) is 0.286. The molecule has 0 aromatic heterocycles. The zero-order valence-electron chi connectivity index (χ0n) is 12.0. The molecule has 0 aliphatic rings. The first-order chi connectivity index (χ1) is 10.6. The SMILES string of the molecule is CC(C)COC(=O)/C=C/C(=O)Oc1c(F)c(F)c(F)c(F)c1F. The Hall–Kier alpha value is -2.45. The molecule has 0 aliphatic carbocycles. The molecule has 0 bridgehead atoms. The van der Waals surface area contributed by atoms with Crippen molar-refractivity contribution in [2.24, 2.45) is 5.92 Å². The van der Waals surface area contributed by atoms with Gasteiger partial charge in [0.15, 0.2) is 0 Å². The number of carbonyl (C=O) groups is 2. The molecule has 0 saturated carbocycles. The van der Waals surface area contributed by atoms with E-state index in [0.717, 1.165) is 0 Å². The van der Waals surface area contributed by atoms with E-state index in [1.165, 1.54) is 0 Å². The maximum absolute atomic E-state index is 13.3. The standard InChI is InChI=1S/C14H11F5O4/c1-6(2)5-22-7(20)3-4-8(21)23-14-12(18)10(16)9(15)11(17)13(14)19/h3-4,6H,5H2,1-2H3/b4-3+. The van der Waals surface area contributed by atoms with Gasteiger partial charge in [0.25, 0.3) is 0 Å². The molecule has 0 atom stereocenters. The van der Waals surface area contributed by atoms with Crippen LogP contribution in [-0.2, 0) is 14.3 Å². The largest absolute Gasteiger partial charge is 0.462 e. The van der Waals surface area contributed by atoms with Gasteiger partial charge in [-0.3, -0.25) is 0 Å². The summed E-state index contributed by atoms with van der Waals surface area (Å²) in [4.78, 5) is 22.4. The van der Waals surface area contributed by atoms with Crippen LogP contribution in [0.4, 0.5) is 22.0 Å². The van der Waals surface area contributed by atoms with Gasteiger partial charge in [-0.25, -0.2) is 22.8 Å². The van der Waals surface area contributed by atoms with Crippen LogP contribution in [0, 0.1) is 35.0 Å². The molecule has 9 heteroatoms. The van der Waals surface area contributed by atoms with Crippen molar-refractivity contribution in [2.45, 2.75) is 13.8 Å². The van der Waals surface area contributed by atoms with E-state index < -0.39 is 46.8 Å².